The van der Waals surface area contributed by atoms with Gasteiger partial charge in [-0.2, -0.15) is 4.31 Å². The average molecular weight is 460 g/mol. The first-order chi connectivity index (χ1) is 9.96. The highest BCUT2D eigenvalue weighted by Gasteiger charge is 2.33. The third-order valence-corrected chi connectivity index (χ3v) is 7.05. The van der Waals surface area contributed by atoms with Gasteiger partial charge in [-0.15, -0.1) is 0 Å². The predicted molar refractivity (Wildman–Crippen MR) is 93.7 cm³/mol. The molecule has 0 N–H and O–H groups in total. The van der Waals surface area contributed by atoms with Crippen LogP contribution in [0.2, 0.25) is 5.02 Å². The molecule has 0 spiro atoms. The van der Waals surface area contributed by atoms with Crippen molar-refractivity contribution in [1.82, 2.24) is 4.31 Å². The van der Waals surface area contributed by atoms with E-state index in [1.807, 2.05) is 0 Å². The van der Waals surface area contributed by atoms with Gasteiger partial charge in [-0.25, -0.2) is 8.42 Å². The maximum atomic E-state index is 13.0. The molecule has 0 amide bonds. The van der Waals surface area contributed by atoms with Crippen molar-refractivity contribution in [2.24, 2.45) is 0 Å². The number of rotatable bonds is 5. The average Bonchev–Trinajstić information content (AvgIpc) is 2.45. The molecule has 0 bridgehead atoms. The summed E-state index contributed by atoms with van der Waals surface area (Å²) in [5.74, 6) is 0. The number of halogens is 3. The van der Waals surface area contributed by atoms with Crippen LogP contribution in [0.3, 0.4) is 0 Å². The molecule has 118 valence electrons. The summed E-state index contributed by atoms with van der Waals surface area (Å²) in [6, 6.07) is 5.00. The van der Waals surface area contributed by atoms with E-state index in [1.54, 1.807) is 22.5 Å². The van der Waals surface area contributed by atoms with Gasteiger partial charge >= 0.3 is 0 Å². The predicted octanol–water partition coefficient (Wildman–Crippen LogP) is 4.82. The minimum atomic E-state index is -3.56. The quantitative estimate of drug-likeness (QED) is 0.592. The van der Waals surface area contributed by atoms with E-state index in [4.69, 9.17) is 11.6 Å². The highest BCUT2D eigenvalue weighted by Crippen LogP contribution is 2.32. The Morgan fingerprint density at radius 1 is 1.24 bits per heavy atom. The Balaban J connectivity index is 2.36. The van der Waals surface area contributed by atoms with E-state index >= 15 is 0 Å². The Morgan fingerprint density at radius 3 is 2.48 bits per heavy atom. The molecule has 0 aliphatic heterocycles. The fourth-order valence-electron chi connectivity index (χ4n) is 2.76. The highest BCUT2D eigenvalue weighted by atomic mass is 79.9. The summed E-state index contributed by atoms with van der Waals surface area (Å²) in [5, 5.41) is 0.886. The molecule has 1 aromatic rings. The van der Waals surface area contributed by atoms with Gasteiger partial charge in [0.1, 0.15) is 4.90 Å². The minimum Gasteiger partial charge on any atom is -0.207 e. The summed E-state index contributed by atoms with van der Waals surface area (Å²) in [6.07, 6.45) is 5.23. The molecular weight excluding hydrogens is 441 g/mol. The van der Waals surface area contributed by atoms with Crippen LogP contribution >= 0.6 is 43.5 Å². The van der Waals surface area contributed by atoms with E-state index in [2.05, 4.69) is 31.9 Å². The maximum Gasteiger partial charge on any atom is 0.244 e. The molecule has 0 saturated heterocycles. The zero-order valence-electron chi connectivity index (χ0n) is 11.6. The molecule has 1 aromatic carbocycles. The largest absolute Gasteiger partial charge is 0.244 e. The summed E-state index contributed by atoms with van der Waals surface area (Å²) in [7, 11) is -3.56. The lowest BCUT2D eigenvalue weighted by atomic mass is 9.95. The maximum absolute atomic E-state index is 13.0. The molecule has 21 heavy (non-hydrogen) atoms. The Labute approximate surface area is 148 Å². The van der Waals surface area contributed by atoms with Crippen LogP contribution in [-0.4, -0.2) is 30.6 Å². The Kier molecular flexibility index (Phi) is 6.56. The van der Waals surface area contributed by atoms with Gasteiger partial charge < -0.3 is 0 Å². The van der Waals surface area contributed by atoms with Crippen molar-refractivity contribution in [3.63, 3.8) is 0 Å². The molecule has 0 radical (unpaired) electrons. The summed E-state index contributed by atoms with van der Waals surface area (Å²) < 4.78 is 28.3. The van der Waals surface area contributed by atoms with Gasteiger partial charge in [0.25, 0.3) is 0 Å². The van der Waals surface area contributed by atoms with E-state index in [-0.39, 0.29) is 16.0 Å². The van der Waals surface area contributed by atoms with Crippen LogP contribution in [0, 0.1) is 0 Å². The Hall–Kier alpha value is 0.380. The molecule has 7 heteroatoms. The first-order valence-electron chi connectivity index (χ1n) is 6.99. The number of alkyl halides is 1. The fourth-order valence-corrected chi connectivity index (χ4v) is 6.08. The number of nitrogens with zero attached hydrogens (tertiary/aromatic N) is 1. The number of hydrogen-bond donors (Lipinski definition) is 0. The van der Waals surface area contributed by atoms with Crippen LogP contribution in [0.15, 0.2) is 27.6 Å². The van der Waals surface area contributed by atoms with Crippen molar-refractivity contribution in [2.75, 3.05) is 11.9 Å². The molecule has 1 fully saturated rings. The molecule has 2 rings (SSSR count). The number of sulfonamides is 1. The molecule has 0 atom stereocenters. The van der Waals surface area contributed by atoms with E-state index in [1.165, 1.54) is 6.42 Å². The topological polar surface area (TPSA) is 37.4 Å². The van der Waals surface area contributed by atoms with E-state index in [0.29, 0.717) is 11.9 Å². The summed E-state index contributed by atoms with van der Waals surface area (Å²) >= 11 is 12.8. The lowest BCUT2D eigenvalue weighted by Crippen LogP contribution is -2.42. The van der Waals surface area contributed by atoms with Crippen LogP contribution < -0.4 is 0 Å². The van der Waals surface area contributed by atoms with Gasteiger partial charge in [0.2, 0.25) is 10.0 Å². The van der Waals surface area contributed by atoms with Crippen LogP contribution in [-0.2, 0) is 10.0 Å². The van der Waals surface area contributed by atoms with Crippen LogP contribution in [0.4, 0.5) is 0 Å². The number of hydrogen-bond acceptors (Lipinski definition) is 2. The standard InChI is InChI=1S/C14H18Br2ClNO2S/c15-8-9-18(12-4-2-1-3-5-12)21(19,20)14-7-6-11(16)10-13(14)17/h6-7,10,12H,1-5,8-9H2. The lowest BCUT2D eigenvalue weighted by Gasteiger charge is -2.33. The zero-order valence-corrected chi connectivity index (χ0v) is 16.3. The molecule has 1 saturated carbocycles. The van der Waals surface area contributed by atoms with Gasteiger partial charge in [0, 0.05) is 22.4 Å². The zero-order chi connectivity index (χ0) is 15.5. The normalized spacial score (nSPS) is 17.3. The van der Waals surface area contributed by atoms with Crippen LogP contribution in [0.5, 0.6) is 0 Å². The third-order valence-electron chi connectivity index (χ3n) is 3.77. The van der Waals surface area contributed by atoms with Crippen molar-refractivity contribution in [1.29, 1.82) is 0 Å². The first-order valence-corrected chi connectivity index (χ1v) is 10.7. The second-order valence-electron chi connectivity index (χ2n) is 5.17. The second-order valence-corrected chi connectivity index (χ2v) is 9.15. The fraction of sp³-hybridized carbons (Fsp3) is 0.571. The van der Waals surface area contributed by atoms with E-state index < -0.39 is 10.0 Å². The van der Waals surface area contributed by atoms with E-state index in [9.17, 15) is 8.42 Å². The Morgan fingerprint density at radius 2 is 1.90 bits per heavy atom. The molecule has 1 aliphatic carbocycles. The van der Waals surface area contributed by atoms with Crippen molar-refractivity contribution in [2.45, 2.75) is 43.0 Å². The number of benzene rings is 1. The lowest BCUT2D eigenvalue weighted by molar-refractivity contribution is 0.263. The molecule has 1 aliphatic rings. The van der Waals surface area contributed by atoms with Gasteiger partial charge in [-0.05, 0) is 31.0 Å². The van der Waals surface area contributed by atoms with Crippen LogP contribution in [0.25, 0.3) is 0 Å². The van der Waals surface area contributed by atoms with Crippen molar-refractivity contribution >= 4 is 53.5 Å². The third kappa shape index (κ3) is 4.22. The second kappa shape index (κ2) is 7.77. The van der Waals surface area contributed by atoms with Gasteiger partial charge in [0.15, 0.2) is 0 Å². The molecular formula is C14H18Br2ClNO2S. The van der Waals surface area contributed by atoms with Crippen LogP contribution in [0.1, 0.15) is 32.1 Å². The molecule has 0 unspecified atom stereocenters. The van der Waals surface area contributed by atoms with Crippen molar-refractivity contribution in [3.05, 3.63) is 27.7 Å². The van der Waals surface area contributed by atoms with Crippen molar-refractivity contribution < 1.29 is 8.42 Å². The minimum absolute atomic E-state index is 0.0843. The molecule has 0 heterocycles. The van der Waals surface area contributed by atoms with Gasteiger partial charge in [-0.1, -0.05) is 62.7 Å². The van der Waals surface area contributed by atoms with Crippen molar-refractivity contribution in [3.8, 4) is 0 Å². The SMILES string of the molecule is O=S(=O)(c1ccc(Br)cc1Cl)N(CCBr)C1CCCCC1. The summed E-state index contributed by atoms with van der Waals surface area (Å²) in [4.78, 5) is 0.193. The first kappa shape index (κ1) is 17.7. The summed E-state index contributed by atoms with van der Waals surface area (Å²) in [6.45, 7) is 0.472. The molecule has 3 nitrogen and oxygen atoms in total. The monoisotopic (exact) mass is 457 g/mol. The van der Waals surface area contributed by atoms with Gasteiger partial charge in [-0.3, -0.25) is 0 Å². The summed E-state index contributed by atoms with van der Waals surface area (Å²) in [5.41, 5.74) is 0. The highest BCUT2D eigenvalue weighted by molar-refractivity contribution is 9.10. The van der Waals surface area contributed by atoms with E-state index in [0.717, 1.165) is 30.2 Å². The Bertz CT molecular complexity index is 589. The smallest absolute Gasteiger partial charge is 0.207 e. The van der Waals surface area contributed by atoms with Gasteiger partial charge in [0.05, 0.1) is 5.02 Å². The molecule has 0 aromatic heterocycles.